The largest absolute Gasteiger partial charge is 0.348 e. The molecule has 1 aliphatic heterocycles. The zero-order valence-electron chi connectivity index (χ0n) is 12.2. The maximum atomic E-state index is 11.7. The third-order valence-electron chi connectivity index (χ3n) is 3.01. The van der Waals surface area contributed by atoms with Crippen LogP contribution in [0.4, 0.5) is 0 Å². The molecule has 1 aromatic carbocycles. The van der Waals surface area contributed by atoms with Crippen molar-refractivity contribution in [3.63, 3.8) is 0 Å². The zero-order chi connectivity index (χ0) is 15.3. The Morgan fingerprint density at radius 1 is 1.33 bits per heavy atom. The average molecular weight is 289 g/mol. The van der Waals surface area contributed by atoms with Crippen molar-refractivity contribution in [2.75, 3.05) is 6.61 Å². The van der Waals surface area contributed by atoms with E-state index in [2.05, 4.69) is 5.32 Å². The Kier molecular flexibility index (Phi) is 4.88. The minimum absolute atomic E-state index is 0.0612. The fourth-order valence-electron chi connectivity index (χ4n) is 2.02. The molecule has 2 amide bonds. The van der Waals surface area contributed by atoms with E-state index < -0.39 is 17.6 Å². The lowest BCUT2D eigenvalue weighted by Crippen LogP contribution is -2.28. The van der Waals surface area contributed by atoms with Gasteiger partial charge in [0.1, 0.15) is 0 Å². The molecule has 1 aliphatic rings. The van der Waals surface area contributed by atoms with Crippen molar-refractivity contribution in [2.24, 2.45) is 0 Å². The van der Waals surface area contributed by atoms with Gasteiger partial charge in [0.2, 0.25) is 5.91 Å². The van der Waals surface area contributed by atoms with Gasteiger partial charge >= 0.3 is 0 Å². The first kappa shape index (κ1) is 15.4. The zero-order valence-corrected chi connectivity index (χ0v) is 12.2. The lowest BCUT2D eigenvalue weighted by molar-refractivity contribution is -0.137. The van der Waals surface area contributed by atoms with Gasteiger partial charge in [-0.15, -0.1) is 0 Å². The Bertz CT molecular complexity index is 536. The molecule has 1 atom stereocenters. The lowest BCUT2D eigenvalue weighted by atomic mass is 10.2. The Morgan fingerprint density at radius 3 is 2.67 bits per heavy atom. The molecule has 1 fully saturated rings. The second-order valence-electron chi connectivity index (χ2n) is 5.27. The first-order valence-electron chi connectivity index (χ1n) is 6.85. The SMILES string of the molecule is CC1(C)OC[C@H](C/C=C/C(=O)NC(=O)c2ccccc2)O1. The molecule has 0 aliphatic carbocycles. The summed E-state index contributed by atoms with van der Waals surface area (Å²) in [6.07, 6.45) is 3.53. The van der Waals surface area contributed by atoms with E-state index in [1.165, 1.54) is 6.08 Å². The van der Waals surface area contributed by atoms with Crippen LogP contribution in [0.3, 0.4) is 0 Å². The molecular weight excluding hydrogens is 270 g/mol. The molecule has 5 heteroatoms. The van der Waals surface area contributed by atoms with E-state index in [9.17, 15) is 9.59 Å². The van der Waals surface area contributed by atoms with Crippen LogP contribution in [0.5, 0.6) is 0 Å². The number of imide groups is 1. The van der Waals surface area contributed by atoms with Crippen LogP contribution in [-0.4, -0.2) is 30.3 Å². The van der Waals surface area contributed by atoms with Crippen LogP contribution < -0.4 is 5.32 Å². The Hall–Kier alpha value is -1.98. The van der Waals surface area contributed by atoms with Crippen molar-refractivity contribution in [3.05, 3.63) is 48.0 Å². The van der Waals surface area contributed by atoms with Crippen LogP contribution in [0.15, 0.2) is 42.5 Å². The molecule has 1 heterocycles. The number of hydrogen-bond donors (Lipinski definition) is 1. The van der Waals surface area contributed by atoms with Crippen molar-refractivity contribution in [1.29, 1.82) is 0 Å². The first-order chi connectivity index (χ1) is 9.96. The first-order valence-corrected chi connectivity index (χ1v) is 6.85. The second-order valence-corrected chi connectivity index (χ2v) is 5.27. The van der Waals surface area contributed by atoms with Gasteiger partial charge in [-0.1, -0.05) is 24.3 Å². The molecule has 2 rings (SSSR count). The van der Waals surface area contributed by atoms with Crippen LogP contribution in [0.1, 0.15) is 30.6 Å². The predicted molar refractivity (Wildman–Crippen MR) is 77.6 cm³/mol. The molecule has 0 saturated carbocycles. The Balaban J connectivity index is 1.77. The van der Waals surface area contributed by atoms with Gasteiger partial charge in [0.05, 0.1) is 12.7 Å². The van der Waals surface area contributed by atoms with E-state index in [-0.39, 0.29) is 6.10 Å². The normalized spacial score (nSPS) is 20.6. The third kappa shape index (κ3) is 4.81. The van der Waals surface area contributed by atoms with Crippen LogP contribution in [-0.2, 0) is 14.3 Å². The number of hydrogen-bond acceptors (Lipinski definition) is 4. The molecule has 1 N–H and O–H groups in total. The van der Waals surface area contributed by atoms with E-state index in [0.717, 1.165) is 0 Å². The minimum atomic E-state index is -0.565. The molecule has 0 spiro atoms. The minimum Gasteiger partial charge on any atom is -0.348 e. The highest BCUT2D eigenvalue weighted by atomic mass is 16.7. The summed E-state index contributed by atoms with van der Waals surface area (Å²) in [5.74, 6) is -1.42. The van der Waals surface area contributed by atoms with Crippen molar-refractivity contribution < 1.29 is 19.1 Å². The smallest absolute Gasteiger partial charge is 0.258 e. The van der Waals surface area contributed by atoms with Crippen LogP contribution in [0.2, 0.25) is 0 Å². The highest BCUT2D eigenvalue weighted by molar-refractivity contribution is 6.07. The monoisotopic (exact) mass is 289 g/mol. The molecule has 0 unspecified atom stereocenters. The molecule has 0 radical (unpaired) electrons. The van der Waals surface area contributed by atoms with Gasteiger partial charge in [-0.05, 0) is 38.5 Å². The van der Waals surface area contributed by atoms with Gasteiger partial charge in [-0.2, -0.15) is 0 Å². The highest BCUT2D eigenvalue weighted by Gasteiger charge is 2.31. The van der Waals surface area contributed by atoms with Crippen molar-refractivity contribution in [2.45, 2.75) is 32.2 Å². The number of nitrogens with one attached hydrogen (secondary N) is 1. The Labute approximate surface area is 123 Å². The number of rotatable bonds is 4. The Morgan fingerprint density at radius 2 is 2.05 bits per heavy atom. The van der Waals surface area contributed by atoms with Gasteiger partial charge in [-0.25, -0.2) is 0 Å². The topological polar surface area (TPSA) is 64.6 Å². The summed E-state index contributed by atoms with van der Waals surface area (Å²) in [6, 6.07) is 8.60. The van der Waals surface area contributed by atoms with E-state index >= 15 is 0 Å². The van der Waals surface area contributed by atoms with E-state index in [1.54, 1.807) is 30.3 Å². The van der Waals surface area contributed by atoms with Gasteiger partial charge in [-0.3, -0.25) is 14.9 Å². The summed E-state index contributed by atoms with van der Waals surface area (Å²) in [6.45, 7) is 4.20. The van der Waals surface area contributed by atoms with Crippen LogP contribution in [0.25, 0.3) is 0 Å². The van der Waals surface area contributed by atoms with Crippen LogP contribution >= 0.6 is 0 Å². The maximum Gasteiger partial charge on any atom is 0.258 e. The molecule has 0 aromatic heterocycles. The van der Waals surface area contributed by atoms with Gasteiger partial charge < -0.3 is 9.47 Å². The molecule has 112 valence electrons. The number of carbonyl (C=O) groups is 2. The van der Waals surface area contributed by atoms with Gasteiger partial charge in [0, 0.05) is 5.56 Å². The second kappa shape index (κ2) is 6.65. The summed E-state index contributed by atoms with van der Waals surface area (Å²) >= 11 is 0. The van der Waals surface area contributed by atoms with Gasteiger partial charge in [0.15, 0.2) is 5.79 Å². The molecule has 1 aromatic rings. The van der Waals surface area contributed by atoms with Crippen molar-refractivity contribution in [3.8, 4) is 0 Å². The fourth-order valence-corrected chi connectivity index (χ4v) is 2.02. The quantitative estimate of drug-likeness (QED) is 0.862. The van der Waals surface area contributed by atoms with Crippen molar-refractivity contribution >= 4 is 11.8 Å². The number of benzene rings is 1. The summed E-state index contributed by atoms with van der Waals surface area (Å²) in [4.78, 5) is 23.4. The highest BCUT2D eigenvalue weighted by Crippen LogP contribution is 2.24. The summed E-state index contributed by atoms with van der Waals surface area (Å²) < 4.78 is 11.0. The lowest BCUT2D eigenvalue weighted by Gasteiger charge is -2.16. The molecule has 21 heavy (non-hydrogen) atoms. The van der Waals surface area contributed by atoms with E-state index in [0.29, 0.717) is 18.6 Å². The number of amides is 2. The number of carbonyl (C=O) groups excluding carboxylic acids is 2. The third-order valence-corrected chi connectivity index (χ3v) is 3.01. The molecule has 5 nitrogen and oxygen atoms in total. The van der Waals surface area contributed by atoms with Crippen LogP contribution in [0, 0.1) is 0 Å². The van der Waals surface area contributed by atoms with Crippen molar-refractivity contribution in [1.82, 2.24) is 5.32 Å². The summed E-state index contributed by atoms with van der Waals surface area (Å²) in [5, 5.41) is 2.30. The van der Waals surface area contributed by atoms with E-state index in [4.69, 9.17) is 9.47 Å². The standard InChI is InChI=1S/C16H19NO4/c1-16(2)20-11-13(21-16)9-6-10-14(18)17-15(19)12-7-4-3-5-8-12/h3-8,10,13H,9,11H2,1-2H3,(H,17,18,19)/b10-6+/t13-/m0/s1. The summed E-state index contributed by atoms with van der Waals surface area (Å²) in [7, 11) is 0. The average Bonchev–Trinajstić information content (AvgIpc) is 2.79. The van der Waals surface area contributed by atoms with E-state index in [1.807, 2.05) is 19.9 Å². The fraction of sp³-hybridized carbons (Fsp3) is 0.375. The predicted octanol–water partition coefficient (Wildman–Crippen LogP) is 2.04. The molecule has 0 bridgehead atoms. The van der Waals surface area contributed by atoms with Gasteiger partial charge in [0.25, 0.3) is 5.91 Å². The number of ether oxygens (including phenoxy) is 2. The molecule has 1 saturated heterocycles. The molecular formula is C16H19NO4. The maximum absolute atomic E-state index is 11.7. The summed E-state index contributed by atoms with van der Waals surface area (Å²) in [5.41, 5.74) is 0.452.